The number of ether oxygens (including phenoxy) is 1. The van der Waals surface area contributed by atoms with Crippen LogP contribution in [0.5, 0.6) is 5.75 Å². The molecule has 2 aromatic rings. The summed E-state index contributed by atoms with van der Waals surface area (Å²) in [5, 5.41) is 5.32. The summed E-state index contributed by atoms with van der Waals surface area (Å²) in [4.78, 5) is 24.4. The molecule has 0 heterocycles. The molecule has 6 heteroatoms. The van der Waals surface area contributed by atoms with Crippen molar-refractivity contribution in [2.75, 3.05) is 23.5 Å². The van der Waals surface area contributed by atoms with Crippen LogP contribution >= 0.6 is 11.8 Å². The van der Waals surface area contributed by atoms with Crippen LogP contribution in [0.1, 0.15) is 18.1 Å². The minimum absolute atomic E-state index is 0.133. The number of benzene rings is 2. The van der Waals surface area contributed by atoms with Gasteiger partial charge in [-0.15, -0.1) is 11.8 Å². The van der Waals surface area contributed by atoms with E-state index in [2.05, 4.69) is 10.6 Å². The van der Waals surface area contributed by atoms with Crippen LogP contribution in [0, 0.1) is 13.8 Å². The zero-order valence-corrected chi connectivity index (χ0v) is 16.3. The van der Waals surface area contributed by atoms with E-state index in [1.54, 1.807) is 14.0 Å². The zero-order chi connectivity index (χ0) is 19.1. The highest BCUT2D eigenvalue weighted by Crippen LogP contribution is 2.26. The fraction of sp³-hybridized carbons (Fsp3) is 0.300. The highest BCUT2D eigenvalue weighted by molar-refractivity contribution is 8.01. The quantitative estimate of drug-likeness (QED) is 0.771. The molecule has 5 nitrogen and oxygen atoms in total. The van der Waals surface area contributed by atoms with E-state index in [0.717, 1.165) is 16.8 Å². The molecule has 138 valence electrons. The van der Waals surface area contributed by atoms with E-state index in [0.29, 0.717) is 11.4 Å². The van der Waals surface area contributed by atoms with Gasteiger partial charge in [0.1, 0.15) is 5.75 Å². The van der Waals surface area contributed by atoms with Crippen molar-refractivity contribution in [3.8, 4) is 5.75 Å². The zero-order valence-electron chi connectivity index (χ0n) is 15.5. The molecule has 2 aromatic carbocycles. The van der Waals surface area contributed by atoms with Gasteiger partial charge in [-0.05, 0) is 50.6 Å². The van der Waals surface area contributed by atoms with Crippen LogP contribution in [-0.4, -0.2) is 29.9 Å². The Kier molecular flexibility index (Phi) is 7.09. The minimum Gasteiger partial charge on any atom is -0.495 e. The van der Waals surface area contributed by atoms with E-state index in [-0.39, 0.29) is 22.8 Å². The molecular weight excluding hydrogens is 348 g/mol. The van der Waals surface area contributed by atoms with Crippen LogP contribution in [0.3, 0.4) is 0 Å². The number of amides is 2. The topological polar surface area (TPSA) is 67.4 Å². The van der Waals surface area contributed by atoms with Gasteiger partial charge >= 0.3 is 0 Å². The van der Waals surface area contributed by atoms with E-state index in [1.165, 1.54) is 11.8 Å². The van der Waals surface area contributed by atoms with Crippen molar-refractivity contribution in [2.24, 2.45) is 0 Å². The molecule has 0 unspecified atom stereocenters. The first kappa shape index (κ1) is 19.8. The van der Waals surface area contributed by atoms with E-state index in [9.17, 15) is 9.59 Å². The van der Waals surface area contributed by atoms with Gasteiger partial charge in [0.2, 0.25) is 11.8 Å². The van der Waals surface area contributed by atoms with Gasteiger partial charge in [0.15, 0.2) is 0 Å². The third-order valence-corrected chi connectivity index (χ3v) is 4.92. The summed E-state index contributed by atoms with van der Waals surface area (Å²) in [5.74, 6) is 0.514. The number of carbonyl (C=O) groups excluding carboxylic acids is 2. The maximum absolute atomic E-state index is 12.4. The Labute approximate surface area is 158 Å². The molecule has 2 rings (SSSR count). The average Bonchev–Trinajstić information content (AvgIpc) is 2.61. The first-order valence-corrected chi connectivity index (χ1v) is 9.37. The van der Waals surface area contributed by atoms with E-state index in [1.807, 2.05) is 56.3 Å². The second kappa shape index (κ2) is 9.29. The molecule has 0 bridgehead atoms. The van der Waals surface area contributed by atoms with Crippen molar-refractivity contribution in [2.45, 2.75) is 26.0 Å². The summed E-state index contributed by atoms with van der Waals surface area (Å²) in [6.45, 7) is 5.72. The first-order valence-electron chi connectivity index (χ1n) is 8.32. The molecule has 0 saturated heterocycles. The fourth-order valence-electron chi connectivity index (χ4n) is 2.26. The molecule has 26 heavy (non-hydrogen) atoms. The number of carbonyl (C=O) groups is 2. The van der Waals surface area contributed by atoms with Crippen LogP contribution in [0.15, 0.2) is 42.5 Å². The van der Waals surface area contributed by atoms with E-state index >= 15 is 0 Å². The normalized spacial score (nSPS) is 11.5. The molecule has 0 aromatic heterocycles. The first-order chi connectivity index (χ1) is 12.4. The van der Waals surface area contributed by atoms with E-state index in [4.69, 9.17) is 4.74 Å². The maximum atomic E-state index is 12.4. The summed E-state index contributed by atoms with van der Waals surface area (Å²) in [6, 6.07) is 13.2. The molecule has 0 saturated carbocycles. The van der Waals surface area contributed by atoms with E-state index < -0.39 is 0 Å². The number of rotatable bonds is 7. The van der Waals surface area contributed by atoms with Gasteiger partial charge in [-0.3, -0.25) is 9.59 Å². The molecule has 2 N–H and O–H groups in total. The Morgan fingerprint density at radius 2 is 1.69 bits per heavy atom. The molecule has 1 atom stereocenters. The second-order valence-corrected chi connectivity index (χ2v) is 7.39. The lowest BCUT2D eigenvalue weighted by Gasteiger charge is -2.15. The van der Waals surface area contributed by atoms with Gasteiger partial charge in [-0.25, -0.2) is 0 Å². The smallest absolute Gasteiger partial charge is 0.237 e. The van der Waals surface area contributed by atoms with Crippen LogP contribution < -0.4 is 15.4 Å². The highest BCUT2D eigenvalue weighted by Gasteiger charge is 2.17. The van der Waals surface area contributed by atoms with Crippen LogP contribution in [0.2, 0.25) is 0 Å². The molecule has 0 aliphatic heterocycles. The van der Waals surface area contributed by atoms with Gasteiger partial charge < -0.3 is 15.4 Å². The lowest BCUT2D eigenvalue weighted by Crippen LogP contribution is -2.25. The summed E-state index contributed by atoms with van der Waals surface area (Å²) in [7, 11) is 1.56. The number of methoxy groups -OCH3 is 1. The largest absolute Gasteiger partial charge is 0.495 e. The molecule has 0 radical (unpaired) electrons. The Morgan fingerprint density at radius 1 is 1.04 bits per heavy atom. The average molecular weight is 372 g/mol. The van der Waals surface area contributed by atoms with Gasteiger partial charge in [0.05, 0.1) is 23.8 Å². The molecular formula is C20H24N2O3S. The van der Waals surface area contributed by atoms with Crippen molar-refractivity contribution in [1.29, 1.82) is 0 Å². The van der Waals surface area contributed by atoms with Crippen molar-refractivity contribution < 1.29 is 14.3 Å². The monoisotopic (exact) mass is 372 g/mol. The number of aryl methyl sites for hydroxylation is 2. The number of hydrogen-bond acceptors (Lipinski definition) is 4. The standard InChI is InChI=1S/C20H24N2O3S/c1-13-5-8-16(9-6-13)21-19(23)12-26-15(3)20(24)22-17-11-14(2)7-10-18(17)25-4/h5-11,15H,12H2,1-4H3,(H,21,23)(H,22,24)/t15-/m0/s1. The summed E-state index contributed by atoms with van der Waals surface area (Å²) >= 11 is 1.29. The number of anilines is 2. The lowest BCUT2D eigenvalue weighted by molar-refractivity contribution is -0.115. The number of hydrogen-bond donors (Lipinski definition) is 2. The summed E-state index contributed by atoms with van der Waals surface area (Å²) in [6.07, 6.45) is 0. The molecule has 2 amide bonds. The fourth-order valence-corrected chi connectivity index (χ4v) is 2.95. The third kappa shape index (κ3) is 5.81. The third-order valence-electron chi connectivity index (χ3n) is 3.78. The highest BCUT2D eigenvalue weighted by atomic mass is 32.2. The minimum atomic E-state index is -0.371. The second-order valence-electron chi connectivity index (χ2n) is 6.06. The molecule has 0 fully saturated rings. The molecule has 0 aliphatic rings. The maximum Gasteiger partial charge on any atom is 0.237 e. The SMILES string of the molecule is COc1ccc(C)cc1NC(=O)[C@H](C)SCC(=O)Nc1ccc(C)cc1. The number of nitrogens with one attached hydrogen (secondary N) is 2. The van der Waals surface area contributed by atoms with Crippen molar-refractivity contribution in [1.82, 2.24) is 0 Å². The van der Waals surface area contributed by atoms with Gasteiger partial charge in [-0.1, -0.05) is 23.8 Å². The van der Waals surface area contributed by atoms with Crippen LogP contribution in [0.25, 0.3) is 0 Å². The summed E-state index contributed by atoms with van der Waals surface area (Å²) in [5.41, 5.74) is 3.55. The Morgan fingerprint density at radius 3 is 2.35 bits per heavy atom. The summed E-state index contributed by atoms with van der Waals surface area (Å²) < 4.78 is 5.27. The van der Waals surface area contributed by atoms with Gasteiger partial charge in [0, 0.05) is 5.69 Å². The van der Waals surface area contributed by atoms with Crippen molar-refractivity contribution in [3.63, 3.8) is 0 Å². The van der Waals surface area contributed by atoms with Crippen LogP contribution in [0.4, 0.5) is 11.4 Å². The van der Waals surface area contributed by atoms with Gasteiger partial charge in [-0.2, -0.15) is 0 Å². The van der Waals surface area contributed by atoms with Gasteiger partial charge in [0.25, 0.3) is 0 Å². The molecule has 0 aliphatic carbocycles. The lowest BCUT2D eigenvalue weighted by atomic mass is 10.2. The Hall–Kier alpha value is -2.47. The van der Waals surface area contributed by atoms with Crippen molar-refractivity contribution >= 4 is 35.0 Å². The molecule has 0 spiro atoms. The predicted molar refractivity (Wildman–Crippen MR) is 108 cm³/mol. The Balaban J connectivity index is 1.86. The predicted octanol–water partition coefficient (Wildman–Crippen LogP) is 4.01. The van der Waals surface area contributed by atoms with Crippen LogP contribution in [-0.2, 0) is 9.59 Å². The number of thioether (sulfide) groups is 1. The van der Waals surface area contributed by atoms with Crippen molar-refractivity contribution in [3.05, 3.63) is 53.6 Å². The Bertz CT molecular complexity index is 775.